The molecule has 0 amide bonds. The number of methoxy groups -OCH3 is 1. The lowest BCUT2D eigenvalue weighted by Crippen LogP contribution is -2.24. The van der Waals surface area contributed by atoms with Crippen molar-refractivity contribution in [3.05, 3.63) is 29.8 Å². The fourth-order valence-corrected chi connectivity index (χ4v) is 1.55. The SMILES string of the molecule is COCC(C)(C)c1ccccc1N. The second-order valence-corrected chi connectivity index (χ2v) is 3.90. The molecule has 0 aliphatic rings. The Morgan fingerprint density at radius 1 is 1.31 bits per heavy atom. The minimum atomic E-state index is -0.0138. The van der Waals surface area contributed by atoms with E-state index in [0.29, 0.717) is 6.61 Å². The van der Waals surface area contributed by atoms with E-state index in [9.17, 15) is 0 Å². The van der Waals surface area contributed by atoms with E-state index in [2.05, 4.69) is 13.8 Å². The van der Waals surface area contributed by atoms with Crippen LogP contribution in [-0.2, 0) is 10.2 Å². The van der Waals surface area contributed by atoms with Crippen molar-refractivity contribution in [2.24, 2.45) is 0 Å². The molecule has 0 aromatic heterocycles. The van der Waals surface area contributed by atoms with E-state index in [4.69, 9.17) is 10.5 Å². The summed E-state index contributed by atoms with van der Waals surface area (Å²) in [4.78, 5) is 0. The molecule has 0 fully saturated rings. The van der Waals surface area contributed by atoms with Crippen molar-refractivity contribution in [3.63, 3.8) is 0 Å². The quantitative estimate of drug-likeness (QED) is 0.722. The summed E-state index contributed by atoms with van der Waals surface area (Å²) in [5.41, 5.74) is 7.86. The lowest BCUT2D eigenvalue weighted by Gasteiger charge is -2.25. The molecule has 2 N–H and O–H groups in total. The Kier molecular flexibility index (Phi) is 2.94. The van der Waals surface area contributed by atoms with Crippen molar-refractivity contribution in [1.29, 1.82) is 0 Å². The van der Waals surface area contributed by atoms with Crippen LogP contribution < -0.4 is 5.73 Å². The third-order valence-corrected chi connectivity index (χ3v) is 2.20. The predicted octanol–water partition coefficient (Wildman–Crippen LogP) is 2.19. The van der Waals surface area contributed by atoms with Crippen LogP contribution in [-0.4, -0.2) is 13.7 Å². The largest absolute Gasteiger partial charge is 0.398 e. The Morgan fingerprint density at radius 3 is 2.46 bits per heavy atom. The number of hydrogen-bond donors (Lipinski definition) is 1. The van der Waals surface area contributed by atoms with Gasteiger partial charge < -0.3 is 10.5 Å². The van der Waals surface area contributed by atoms with Crippen LogP contribution in [0.5, 0.6) is 0 Å². The lowest BCUT2D eigenvalue weighted by atomic mass is 9.84. The standard InChI is InChI=1S/C11H17NO/c1-11(2,8-13-3)9-6-4-5-7-10(9)12/h4-7H,8,12H2,1-3H3. The van der Waals surface area contributed by atoms with Gasteiger partial charge in [0.25, 0.3) is 0 Å². The molecule has 0 atom stereocenters. The van der Waals surface area contributed by atoms with Crippen molar-refractivity contribution in [2.45, 2.75) is 19.3 Å². The van der Waals surface area contributed by atoms with Crippen LogP contribution in [0, 0.1) is 0 Å². The van der Waals surface area contributed by atoms with E-state index in [0.717, 1.165) is 11.3 Å². The highest BCUT2D eigenvalue weighted by Crippen LogP contribution is 2.27. The molecule has 0 aliphatic carbocycles. The molecule has 0 saturated heterocycles. The third-order valence-electron chi connectivity index (χ3n) is 2.20. The van der Waals surface area contributed by atoms with Gasteiger partial charge in [-0.1, -0.05) is 32.0 Å². The highest BCUT2D eigenvalue weighted by Gasteiger charge is 2.22. The summed E-state index contributed by atoms with van der Waals surface area (Å²) in [6, 6.07) is 7.92. The second kappa shape index (κ2) is 3.79. The fraction of sp³-hybridized carbons (Fsp3) is 0.455. The third kappa shape index (κ3) is 2.22. The van der Waals surface area contributed by atoms with Crippen LogP contribution in [0.4, 0.5) is 5.69 Å². The van der Waals surface area contributed by atoms with Crippen molar-refractivity contribution in [3.8, 4) is 0 Å². The molecule has 0 aliphatic heterocycles. The molecular weight excluding hydrogens is 162 g/mol. The van der Waals surface area contributed by atoms with E-state index in [1.165, 1.54) is 0 Å². The Balaban J connectivity index is 2.99. The Bertz CT molecular complexity index is 281. The average Bonchev–Trinajstić information content (AvgIpc) is 2.04. The summed E-state index contributed by atoms with van der Waals surface area (Å²) in [6.07, 6.45) is 0. The molecular formula is C11H17NO. The van der Waals surface area contributed by atoms with Gasteiger partial charge in [0.05, 0.1) is 6.61 Å². The maximum absolute atomic E-state index is 5.88. The van der Waals surface area contributed by atoms with Crippen molar-refractivity contribution in [2.75, 3.05) is 19.5 Å². The summed E-state index contributed by atoms with van der Waals surface area (Å²) in [5, 5.41) is 0. The van der Waals surface area contributed by atoms with E-state index >= 15 is 0 Å². The van der Waals surface area contributed by atoms with Gasteiger partial charge in [-0.05, 0) is 11.6 Å². The molecule has 1 aromatic carbocycles. The van der Waals surface area contributed by atoms with Gasteiger partial charge >= 0.3 is 0 Å². The zero-order valence-corrected chi connectivity index (χ0v) is 8.50. The molecule has 2 heteroatoms. The van der Waals surface area contributed by atoms with Gasteiger partial charge in [-0.15, -0.1) is 0 Å². The van der Waals surface area contributed by atoms with Gasteiger partial charge in [-0.2, -0.15) is 0 Å². The number of nitrogens with two attached hydrogens (primary N) is 1. The topological polar surface area (TPSA) is 35.2 Å². The van der Waals surface area contributed by atoms with Crippen LogP contribution in [0.2, 0.25) is 0 Å². The first-order valence-corrected chi connectivity index (χ1v) is 4.42. The normalized spacial score (nSPS) is 11.6. The van der Waals surface area contributed by atoms with Crippen molar-refractivity contribution < 1.29 is 4.74 Å². The number of benzene rings is 1. The summed E-state index contributed by atoms with van der Waals surface area (Å²) < 4.78 is 5.16. The highest BCUT2D eigenvalue weighted by atomic mass is 16.5. The van der Waals surface area contributed by atoms with Gasteiger partial charge in [-0.25, -0.2) is 0 Å². The van der Waals surface area contributed by atoms with E-state index < -0.39 is 0 Å². The first-order chi connectivity index (χ1) is 6.08. The van der Waals surface area contributed by atoms with E-state index in [1.54, 1.807) is 7.11 Å². The molecule has 2 nitrogen and oxygen atoms in total. The van der Waals surface area contributed by atoms with Gasteiger partial charge in [0, 0.05) is 18.2 Å². The van der Waals surface area contributed by atoms with Crippen LogP contribution in [0.15, 0.2) is 24.3 Å². The summed E-state index contributed by atoms with van der Waals surface area (Å²) in [6.45, 7) is 4.94. The van der Waals surface area contributed by atoms with Gasteiger partial charge in [0.15, 0.2) is 0 Å². The molecule has 0 spiro atoms. The van der Waals surface area contributed by atoms with Crippen molar-refractivity contribution in [1.82, 2.24) is 0 Å². The molecule has 72 valence electrons. The molecule has 0 bridgehead atoms. The molecule has 1 rings (SSSR count). The smallest absolute Gasteiger partial charge is 0.0554 e. The van der Waals surface area contributed by atoms with Gasteiger partial charge in [0.1, 0.15) is 0 Å². The molecule has 0 saturated carbocycles. The van der Waals surface area contributed by atoms with Gasteiger partial charge in [0.2, 0.25) is 0 Å². The minimum absolute atomic E-state index is 0.0138. The fourth-order valence-electron chi connectivity index (χ4n) is 1.55. The molecule has 0 unspecified atom stereocenters. The first-order valence-electron chi connectivity index (χ1n) is 4.42. The maximum Gasteiger partial charge on any atom is 0.0554 e. The molecule has 1 aromatic rings. The van der Waals surface area contributed by atoms with Crippen LogP contribution in [0.1, 0.15) is 19.4 Å². The van der Waals surface area contributed by atoms with E-state index in [-0.39, 0.29) is 5.41 Å². The number of nitrogen functional groups attached to an aromatic ring is 1. The predicted molar refractivity (Wildman–Crippen MR) is 55.8 cm³/mol. The number of ether oxygens (including phenoxy) is 1. The summed E-state index contributed by atoms with van der Waals surface area (Å²) >= 11 is 0. The average molecular weight is 179 g/mol. The second-order valence-electron chi connectivity index (χ2n) is 3.90. The maximum atomic E-state index is 5.88. The zero-order valence-electron chi connectivity index (χ0n) is 8.50. The monoisotopic (exact) mass is 179 g/mol. The van der Waals surface area contributed by atoms with Crippen LogP contribution >= 0.6 is 0 Å². The van der Waals surface area contributed by atoms with E-state index in [1.807, 2.05) is 24.3 Å². The summed E-state index contributed by atoms with van der Waals surface area (Å²) in [7, 11) is 1.71. The minimum Gasteiger partial charge on any atom is -0.398 e. The Morgan fingerprint density at radius 2 is 1.92 bits per heavy atom. The molecule has 0 heterocycles. The highest BCUT2D eigenvalue weighted by molar-refractivity contribution is 5.50. The number of anilines is 1. The number of hydrogen-bond acceptors (Lipinski definition) is 2. The van der Waals surface area contributed by atoms with Crippen LogP contribution in [0.25, 0.3) is 0 Å². The lowest BCUT2D eigenvalue weighted by molar-refractivity contribution is 0.147. The van der Waals surface area contributed by atoms with Gasteiger partial charge in [-0.3, -0.25) is 0 Å². The van der Waals surface area contributed by atoms with Crippen LogP contribution in [0.3, 0.4) is 0 Å². The Labute approximate surface area is 79.7 Å². The Hall–Kier alpha value is -1.02. The number of para-hydroxylation sites is 1. The molecule has 13 heavy (non-hydrogen) atoms. The first kappa shape index (κ1) is 10.1. The van der Waals surface area contributed by atoms with Crippen molar-refractivity contribution >= 4 is 5.69 Å². The molecule has 0 radical (unpaired) electrons. The summed E-state index contributed by atoms with van der Waals surface area (Å²) in [5.74, 6) is 0. The number of rotatable bonds is 3. The zero-order chi connectivity index (χ0) is 9.90.